The Morgan fingerprint density at radius 3 is 2.73 bits per heavy atom. The van der Waals surface area contributed by atoms with Crippen LogP contribution in [0.2, 0.25) is 0 Å². The number of aromatic nitrogens is 4. The number of nitrogens with zero attached hydrogens (tertiary/aromatic N) is 5. The molecule has 154 valence electrons. The molecule has 0 bridgehead atoms. The fraction of sp³-hybridized carbons (Fsp3) is 0.300. The molecule has 3 rings (SSSR count). The highest BCUT2D eigenvalue weighted by Gasteiger charge is 2.17. The molecule has 10 nitrogen and oxygen atoms in total. The first-order valence-corrected chi connectivity index (χ1v) is 9.28. The predicted octanol–water partition coefficient (Wildman–Crippen LogP) is 1.80. The highest BCUT2D eigenvalue weighted by molar-refractivity contribution is 5.99. The number of anilines is 1. The second-order valence-corrected chi connectivity index (χ2v) is 6.77. The molecule has 0 aliphatic carbocycles. The summed E-state index contributed by atoms with van der Waals surface area (Å²) in [5.41, 5.74) is 1.90. The number of hydrogen-bond acceptors (Lipinski definition) is 8. The fourth-order valence-electron chi connectivity index (χ4n) is 2.80. The summed E-state index contributed by atoms with van der Waals surface area (Å²) < 4.78 is 6.12. The quantitative estimate of drug-likeness (QED) is 0.566. The van der Waals surface area contributed by atoms with Crippen molar-refractivity contribution in [1.29, 1.82) is 5.26 Å². The van der Waals surface area contributed by atoms with Gasteiger partial charge >= 0.3 is 5.97 Å². The van der Waals surface area contributed by atoms with Crippen molar-refractivity contribution in [2.45, 2.75) is 26.3 Å². The number of fused-ring (bicyclic) bond motifs is 1. The molecule has 3 aromatic heterocycles. The molecular formula is C20H21N7O3. The van der Waals surface area contributed by atoms with E-state index < -0.39 is 5.97 Å². The minimum atomic E-state index is -0.401. The maximum Gasteiger partial charge on any atom is 0.307 e. The minimum Gasteiger partial charge on any atom is -0.469 e. The Labute approximate surface area is 172 Å². The molecule has 3 aromatic rings. The third-order valence-corrected chi connectivity index (χ3v) is 4.17. The lowest BCUT2D eigenvalue weighted by Gasteiger charge is -2.16. The number of methoxy groups -OCH3 is 1. The van der Waals surface area contributed by atoms with Crippen molar-refractivity contribution in [3.05, 3.63) is 41.9 Å². The highest BCUT2D eigenvalue weighted by atomic mass is 16.5. The Hall–Kier alpha value is -4.00. The van der Waals surface area contributed by atoms with Crippen LogP contribution in [-0.4, -0.2) is 51.3 Å². The Morgan fingerprint density at radius 1 is 1.23 bits per heavy atom. The summed E-state index contributed by atoms with van der Waals surface area (Å²) in [5.74, 6) is -0.290. The lowest BCUT2D eigenvalue weighted by molar-refractivity contribution is -0.140. The lowest BCUT2D eigenvalue weighted by Crippen LogP contribution is -2.28. The predicted molar refractivity (Wildman–Crippen MR) is 109 cm³/mol. The lowest BCUT2D eigenvalue weighted by atomic mass is 10.2. The third-order valence-electron chi connectivity index (χ3n) is 4.17. The van der Waals surface area contributed by atoms with Gasteiger partial charge in [-0.25, -0.2) is 9.97 Å². The van der Waals surface area contributed by atoms with Gasteiger partial charge in [0, 0.05) is 36.4 Å². The van der Waals surface area contributed by atoms with Crippen LogP contribution in [-0.2, 0) is 9.53 Å². The number of hydrogen-bond donors (Lipinski definition) is 2. The standard InChI is InChI=1S/C20H21N7O3/c1-12(2)26-16-7-17(23-11-15(16)20(29)22-5-4-18(28)30-3)27-19-14(10-25-27)6-13(8-21)9-24-19/h6-7,9-12H,4-5H2,1-3H3,(H,22,29)(H,23,26). The van der Waals surface area contributed by atoms with E-state index in [4.69, 9.17) is 5.26 Å². The molecule has 0 saturated carbocycles. The summed E-state index contributed by atoms with van der Waals surface area (Å²) in [5, 5.41) is 20.0. The Balaban J connectivity index is 1.92. The van der Waals surface area contributed by atoms with Gasteiger partial charge in [0.2, 0.25) is 0 Å². The molecule has 0 aliphatic heterocycles. The van der Waals surface area contributed by atoms with E-state index in [9.17, 15) is 9.59 Å². The fourth-order valence-corrected chi connectivity index (χ4v) is 2.80. The van der Waals surface area contributed by atoms with Crippen LogP contribution < -0.4 is 10.6 Å². The number of pyridine rings is 2. The van der Waals surface area contributed by atoms with Crippen LogP contribution in [0.1, 0.15) is 36.2 Å². The number of nitrogens with one attached hydrogen (secondary N) is 2. The molecule has 0 aliphatic rings. The molecule has 0 aromatic carbocycles. The molecule has 10 heteroatoms. The molecule has 30 heavy (non-hydrogen) atoms. The third kappa shape index (κ3) is 4.52. The second-order valence-electron chi connectivity index (χ2n) is 6.77. The van der Waals surface area contributed by atoms with Crippen molar-refractivity contribution in [2.24, 2.45) is 0 Å². The van der Waals surface area contributed by atoms with Gasteiger partial charge in [-0.3, -0.25) is 9.59 Å². The number of esters is 1. The minimum absolute atomic E-state index is 0.0625. The summed E-state index contributed by atoms with van der Waals surface area (Å²) >= 11 is 0. The average Bonchev–Trinajstić information content (AvgIpc) is 3.16. The van der Waals surface area contributed by atoms with E-state index >= 15 is 0 Å². The van der Waals surface area contributed by atoms with E-state index in [1.165, 1.54) is 19.5 Å². The van der Waals surface area contributed by atoms with Crippen molar-refractivity contribution in [3.8, 4) is 11.9 Å². The summed E-state index contributed by atoms with van der Waals surface area (Å²) in [6.07, 6.45) is 4.60. The van der Waals surface area contributed by atoms with Crippen LogP contribution in [0.5, 0.6) is 0 Å². The molecule has 0 spiro atoms. The molecule has 0 unspecified atom stereocenters. The zero-order valence-corrected chi connectivity index (χ0v) is 16.8. The van der Waals surface area contributed by atoms with E-state index in [0.29, 0.717) is 33.7 Å². The van der Waals surface area contributed by atoms with Gasteiger partial charge in [-0.1, -0.05) is 0 Å². The molecule has 1 amide bonds. The van der Waals surface area contributed by atoms with Crippen molar-refractivity contribution in [2.75, 3.05) is 19.0 Å². The number of carbonyl (C=O) groups excluding carboxylic acids is 2. The first-order chi connectivity index (χ1) is 14.4. The number of carbonyl (C=O) groups is 2. The van der Waals surface area contributed by atoms with Gasteiger partial charge in [-0.2, -0.15) is 15.0 Å². The van der Waals surface area contributed by atoms with E-state index in [1.807, 2.05) is 19.9 Å². The zero-order chi connectivity index (χ0) is 21.7. The van der Waals surface area contributed by atoms with Crippen LogP contribution >= 0.6 is 0 Å². The van der Waals surface area contributed by atoms with E-state index in [1.54, 1.807) is 23.0 Å². The molecule has 0 fully saturated rings. The largest absolute Gasteiger partial charge is 0.469 e. The molecule has 0 radical (unpaired) electrons. The van der Waals surface area contributed by atoms with Gasteiger partial charge in [0.15, 0.2) is 11.5 Å². The van der Waals surface area contributed by atoms with Gasteiger partial charge in [0.05, 0.1) is 36.5 Å². The Kier molecular flexibility index (Phi) is 6.22. The number of nitriles is 1. The van der Waals surface area contributed by atoms with Crippen molar-refractivity contribution in [3.63, 3.8) is 0 Å². The smallest absolute Gasteiger partial charge is 0.307 e. The summed E-state index contributed by atoms with van der Waals surface area (Å²) in [4.78, 5) is 32.5. The highest BCUT2D eigenvalue weighted by Crippen LogP contribution is 2.22. The first kappa shape index (κ1) is 20.7. The van der Waals surface area contributed by atoms with E-state index in [2.05, 4.69) is 30.4 Å². The topological polar surface area (TPSA) is 135 Å². The normalized spacial score (nSPS) is 10.6. The maximum absolute atomic E-state index is 12.6. The second kappa shape index (κ2) is 9.00. The average molecular weight is 407 g/mol. The van der Waals surface area contributed by atoms with Gasteiger partial charge in [0.1, 0.15) is 6.07 Å². The van der Waals surface area contributed by atoms with Crippen molar-refractivity contribution < 1.29 is 14.3 Å². The SMILES string of the molecule is COC(=O)CCNC(=O)c1cnc(-n2ncc3cc(C#N)cnc32)cc1NC(C)C. The van der Waals surface area contributed by atoms with Gasteiger partial charge in [-0.05, 0) is 19.9 Å². The van der Waals surface area contributed by atoms with Crippen molar-refractivity contribution in [1.82, 2.24) is 25.1 Å². The summed E-state index contributed by atoms with van der Waals surface area (Å²) in [6, 6.07) is 5.52. The van der Waals surface area contributed by atoms with Crippen molar-refractivity contribution >= 4 is 28.6 Å². The van der Waals surface area contributed by atoms with Gasteiger partial charge in [-0.15, -0.1) is 0 Å². The molecule has 0 saturated heterocycles. The molecule has 3 heterocycles. The molecule has 0 atom stereocenters. The summed E-state index contributed by atoms with van der Waals surface area (Å²) in [7, 11) is 1.30. The van der Waals surface area contributed by atoms with Crippen LogP contribution in [0, 0.1) is 11.3 Å². The first-order valence-electron chi connectivity index (χ1n) is 9.28. The monoisotopic (exact) mass is 407 g/mol. The van der Waals surface area contributed by atoms with E-state index in [-0.39, 0.29) is 24.9 Å². The van der Waals surface area contributed by atoms with Crippen LogP contribution in [0.15, 0.2) is 30.7 Å². The maximum atomic E-state index is 12.6. The molecule has 2 N–H and O–H groups in total. The van der Waals surface area contributed by atoms with Crippen LogP contribution in [0.25, 0.3) is 16.9 Å². The Morgan fingerprint density at radius 2 is 2.03 bits per heavy atom. The van der Waals surface area contributed by atoms with Crippen LogP contribution in [0.4, 0.5) is 5.69 Å². The number of rotatable bonds is 7. The van der Waals surface area contributed by atoms with Crippen LogP contribution in [0.3, 0.4) is 0 Å². The number of amides is 1. The zero-order valence-electron chi connectivity index (χ0n) is 16.8. The number of ether oxygens (including phenoxy) is 1. The molecular weight excluding hydrogens is 386 g/mol. The van der Waals surface area contributed by atoms with E-state index in [0.717, 1.165) is 0 Å². The summed E-state index contributed by atoms with van der Waals surface area (Å²) in [6.45, 7) is 4.06. The van der Waals surface area contributed by atoms with Gasteiger partial charge in [0.25, 0.3) is 5.91 Å². The Bertz CT molecular complexity index is 1130. The van der Waals surface area contributed by atoms with Gasteiger partial charge < -0.3 is 15.4 Å².